The lowest BCUT2D eigenvalue weighted by Crippen LogP contribution is -2.90. The zero-order valence-corrected chi connectivity index (χ0v) is 14.5. The highest BCUT2D eigenvalue weighted by atomic mass is 32.1. The molecule has 0 saturated carbocycles. The number of ether oxygens (including phenoxy) is 1. The Balaban J connectivity index is 1.94. The Hall–Kier alpha value is -1.54. The third kappa shape index (κ3) is 3.53. The average molecular weight is 334 g/mol. The summed E-state index contributed by atoms with van der Waals surface area (Å²) in [4.78, 5) is 10.2. The number of hydrogen-bond acceptors (Lipinski definition) is 5. The molecule has 2 aromatic rings. The van der Waals surface area contributed by atoms with E-state index in [9.17, 15) is 0 Å². The first-order valence-electron chi connectivity index (χ1n) is 7.92. The van der Waals surface area contributed by atoms with Crippen LogP contribution in [0.25, 0.3) is 16.7 Å². The molecule has 0 atom stereocenters. The Bertz CT molecular complexity index is 693. The number of pyridine rings is 1. The highest BCUT2D eigenvalue weighted by molar-refractivity contribution is 7.83. The number of nitrogens with zero attached hydrogens (tertiary/aromatic N) is 3. The summed E-state index contributed by atoms with van der Waals surface area (Å²) in [5, 5.41) is 5.10. The molecule has 0 radical (unpaired) electrons. The molecular formula is C16H24N5OS+. The van der Waals surface area contributed by atoms with Crippen molar-refractivity contribution >= 4 is 35.0 Å². The Morgan fingerprint density at radius 3 is 3.00 bits per heavy atom. The Morgan fingerprint density at radius 1 is 1.52 bits per heavy atom. The van der Waals surface area contributed by atoms with Gasteiger partial charge in [-0.25, -0.2) is 10.4 Å². The smallest absolute Gasteiger partial charge is 0.164 e. The maximum atomic E-state index is 5.43. The monoisotopic (exact) mass is 334 g/mol. The first-order valence-corrected chi connectivity index (χ1v) is 8.44. The lowest BCUT2D eigenvalue weighted by atomic mass is 10.1. The minimum Gasteiger partial charge on any atom is -0.378 e. The van der Waals surface area contributed by atoms with E-state index in [4.69, 9.17) is 4.74 Å². The van der Waals surface area contributed by atoms with Crippen molar-refractivity contribution in [2.75, 3.05) is 44.8 Å². The number of thiol groups is 1. The number of nitrogens with two attached hydrogens (primary N) is 1. The van der Waals surface area contributed by atoms with Gasteiger partial charge in [0.1, 0.15) is 5.65 Å². The van der Waals surface area contributed by atoms with Gasteiger partial charge in [0.05, 0.1) is 30.7 Å². The van der Waals surface area contributed by atoms with Gasteiger partial charge in [-0.2, -0.15) is 5.01 Å². The van der Waals surface area contributed by atoms with Crippen LogP contribution in [0.2, 0.25) is 0 Å². The van der Waals surface area contributed by atoms with E-state index in [0.29, 0.717) is 0 Å². The summed E-state index contributed by atoms with van der Waals surface area (Å²) in [6.45, 7) is 6.44. The van der Waals surface area contributed by atoms with E-state index in [-0.39, 0.29) is 0 Å². The molecule has 0 bridgehead atoms. The van der Waals surface area contributed by atoms with Gasteiger partial charge >= 0.3 is 0 Å². The largest absolute Gasteiger partial charge is 0.378 e. The quantitative estimate of drug-likeness (QED) is 0.435. The second-order valence-corrected chi connectivity index (χ2v) is 5.94. The lowest BCUT2D eigenvalue weighted by Gasteiger charge is -2.28. The van der Waals surface area contributed by atoms with Gasteiger partial charge < -0.3 is 14.6 Å². The first kappa shape index (κ1) is 16.3. The van der Waals surface area contributed by atoms with E-state index in [1.807, 2.05) is 17.8 Å². The molecule has 7 heteroatoms. The Morgan fingerprint density at radius 2 is 2.30 bits per heavy atom. The summed E-state index contributed by atoms with van der Waals surface area (Å²) in [6, 6.07) is 2.20. The van der Waals surface area contributed by atoms with Crippen LogP contribution in [0.5, 0.6) is 0 Å². The third-order valence-corrected chi connectivity index (χ3v) is 4.48. The molecule has 0 aromatic carbocycles. The summed E-state index contributed by atoms with van der Waals surface area (Å²) < 4.78 is 5.43. The molecule has 1 fully saturated rings. The molecule has 3 rings (SSSR count). The molecule has 124 valence electrons. The Labute approximate surface area is 141 Å². The fraction of sp³-hybridized carbons (Fsp3) is 0.438. The maximum absolute atomic E-state index is 5.43. The number of nitrogens with one attached hydrogen (secondary N) is 1. The van der Waals surface area contributed by atoms with Gasteiger partial charge in [0.25, 0.3) is 0 Å². The van der Waals surface area contributed by atoms with Crippen molar-refractivity contribution in [2.45, 2.75) is 6.92 Å². The number of morpholine rings is 1. The van der Waals surface area contributed by atoms with Crippen molar-refractivity contribution in [3.8, 4) is 0 Å². The van der Waals surface area contributed by atoms with E-state index in [2.05, 4.69) is 58.0 Å². The normalized spacial score (nSPS) is 16.5. The summed E-state index contributed by atoms with van der Waals surface area (Å²) >= 11 is 4.39. The molecule has 2 aromatic heterocycles. The summed E-state index contributed by atoms with van der Waals surface area (Å²) in [6.07, 6.45) is 3.93. The van der Waals surface area contributed by atoms with Gasteiger partial charge in [-0.3, -0.25) is 0 Å². The van der Waals surface area contributed by atoms with Crippen LogP contribution in [-0.4, -0.2) is 54.9 Å². The molecule has 1 saturated heterocycles. The highest BCUT2D eigenvalue weighted by Crippen LogP contribution is 2.26. The number of H-pyrrole nitrogens is 1. The lowest BCUT2D eigenvalue weighted by molar-refractivity contribution is -0.724. The van der Waals surface area contributed by atoms with E-state index in [1.165, 1.54) is 0 Å². The van der Waals surface area contributed by atoms with Gasteiger partial charge in [0, 0.05) is 43.7 Å². The molecule has 0 amide bonds. The van der Waals surface area contributed by atoms with Crippen LogP contribution >= 0.6 is 12.6 Å². The fourth-order valence-electron chi connectivity index (χ4n) is 2.73. The van der Waals surface area contributed by atoms with Crippen molar-refractivity contribution in [1.29, 1.82) is 0 Å². The van der Waals surface area contributed by atoms with Crippen molar-refractivity contribution < 1.29 is 10.2 Å². The predicted molar refractivity (Wildman–Crippen MR) is 96.3 cm³/mol. The van der Waals surface area contributed by atoms with Crippen LogP contribution in [-0.2, 0) is 4.74 Å². The van der Waals surface area contributed by atoms with Crippen molar-refractivity contribution in [3.63, 3.8) is 0 Å². The van der Waals surface area contributed by atoms with Gasteiger partial charge in [-0.15, -0.1) is 12.6 Å². The molecule has 0 aliphatic carbocycles. The summed E-state index contributed by atoms with van der Waals surface area (Å²) in [5.41, 5.74) is 6.35. The zero-order chi connectivity index (χ0) is 16.2. The molecular weight excluding hydrogens is 310 g/mol. The molecule has 3 heterocycles. The number of quaternary nitrogens is 1. The number of aromatic amines is 1. The van der Waals surface area contributed by atoms with Crippen LogP contribution in [0.15, 0.2) is 23.9 Å². The standard InChI is InChI=1S/C16H23N5OS/c1-3-20(2)19-15(11-23)14-10-18-16-13(14)8-12(9-17-16)21-4-6-22-7-5-21/h8-11,19,23H,3-7H2,1-2H3,(H,17,18)/p+1. The zero-order valence-electron chi connectivity index (χ0n) is 13.6. The second-order valence-electron chi connectivity index (χ2n) is 5.68. The van der Waals surface area contributed by atoms with E-state index in [0.717, 1.165) is 60.8 Å². The highest BCUT2D eigenvalue weighted by Gasteiger charge is 2.17. The van der Waals surface area contributed by atoms with Crippen LogP contribution in [0, 0.1) is 0 Å². The molecule has 0 spiro atoms. The van der Waals surface area contributed by atoms with Gasteiger partial charge in [0.15, 0.2) is 5.70 Å². The number of aromatic nitrogens is 2. The van der Waals surface area contributed by atoms with Gasteiger partial charge in [-0.05, 0) is 13.0 Å². The van der Waals surface area contributed by atoms with Crippen molar-refractivity contribution in [3.05, 3.63) is 29.4 Å². The average Bonchev–Trinajstić information content (AvgIpc) is 3.03. The van der Waals surface area contributed by atoms with E-state index in [1.54, 1.807) is 0 Å². The van der Waals surface area contributed by atoms with Crippen molar-refractivity contribution in [1.82, 2.24) is 15.0 Å². The number of hydrogen-bond donors (Lipinski definition) is 3. The van der Waals surface area contributed by atoms with E-state index < -0.39 is 0 Å². The number of rotatable bonds is 5. The molecule has 1 aliphatic rings. The maximum Gasteiger partial charge on any atom is 0.164 e. The molecule has 1 aliphatic heterocycles. The van der Waals surface area contributed by atoms with Gasteiger partial charge in [-0.1, -0.05) is 0 Å². The number of fused-ring (bicyclic) bond motifs is 1. The predicted octanol–water partition coefficient (Wildman–Crippen LogP) is 1.06. The minimum absolute atomic E-state index is 0.773. The van der Waals surface area contributed by atoms with Crippen LogP contribution in [0.3, 0.4) is 0 Å². The third-order valence-electron chi connectivity index (χ3n) is 4.20. The molecule has 23 heavy (non-hydrogen) atoms. The fourth-order valence-corrected chi connectivity index (χ4v) is 2.93. The molecule has 3 N–H and O–H groups in total. The molecule has 0 unspecified atom stereocenters. The summed E-state index contributed by atoms with van der Waals surface area (Å²) in [5.74, 6) is 0. The van der Waals surface area contributed by atoms with Crippen molar-refractivity contribution in [2.24, 2.45) is 0 Å². The first-order chi connectivity index (χ1) is 11.2. The van der Waals surface area contributed by atoms with Gasteiger partial charge in [0.2, 0.25) is 0 Å². The van der Waals surface area contributed by atoms with Crippen LogP contribution < -0.4 is 10.3 Å². The second kappa shape index (κ2) is 7.35. The minimum atomic E-state index is 0.773. The molecule has 6 nitrogen and oxygen atoms in total. The topological polar surface area (TPSA) is 61.0 Å². The van der Waals surface area contributed by atoms with Crippen LogP contribution in [0.1, 0.15) is 12.5 Å². The summed E-state index contributed by atoms with van der Waals surface area (Å²) in [7, 11) is 2.06. The van der Waals surface area contributed by atoms with E-state index >= 15 is 0 Å². The Kier molecular flexibility index (Phi) is 5.22. The number of anilines is 1. The SMILES string of the molecule is CCN(C)[NH2+]C(=CS)c1c[nH]c2ncc(N3CCOCC3)cc12. The van der Waals surface area contributed by atoms with Crippen LogP contribution in [0.4, 0.5) is 5.69 Å².